The molecule has 1 heterocycles. The molecule has 110 valence electrons. The molecular formula is C14H16N4O3. The summed E-state index contributed by atoms with van der Waals surface area (Å²) in [5.74, 6) is -0.945. The third-order valence-electron chi connectivity index (χ3n) is 2.88. The fourth-order valence-corrected chi connectivity index (χ4v) is 1.95. The minimum atomic E-state index is -0.823. The molecule has 0 aliphatic rings. The van der Waals surface area contributed by atoms with Crippen LogP contribution in [0.25, 0.3) is 11.3 Å². The topological polar surface area (TPSA) is 97.1 Å². The molecule has 0 aliphatic carbocycles. The van der Waals surface area contributed by atoms with Crippen molar-refractivity contribution in [3.05, 3.63) is 30.5 Å². The summed E-state index contributed by atoms with van der Waals surface area (Å²) in [7, 11) is 0. The summed E-state index contributed by atoms with van der Waals surface area (Å²) in [5, 5.41) is 19.2. The van der Waals surface area contributed by atoms with Crippen LogP contribution in [0.4, 0.5) is 5.69 Å². The van der Waals surface area contributed by atoms with E-state index in [2.05, 4.69) is 15.6 Å². The van der Waals surface area contributed by atoms with Crippen molar-refractivity contribution < 1.29 is 14.7 Å². The first-order chi connectivity index (χ1) is 10.1. The molecule has 0 spiro atoms. The largest absolute Gasteiger partial charge is 0.481 e. The van der Waals surface area contributed by atoms with Crippen LogP contribution in [-0.4, -0.2) is 32.0 Å². The number of nitrogens with zero attached hydrogens (tertiary/aromatic N) is 3. The molecule has 7 nitrogen and oxygen atoms in total. The van der Waals surface area contributed by atoms with E-state index in [9.17, 15) is 9.59 Å². The van der Waals surface area contributed by atoms with Crippen LogP contribution in [0.5, 0.6) is 0 Å². The summed E-state index contributed by atoms with van der Waals surface area (Å²) in [5.41, 5.74) is 2.44. The second-order valence-electron chi connectivity index (χ2n) is 4.60. The van der Waals surface area contributed by atoms with E-state index < -0.39 is 5.97 Å². The Bertz CT molecular complexity index is 634. The first kappa shape index (κ1) is 14.7. The van der Waals surface area contributed by atoms with Crippen LogP contribution in [0, 0.1) is 0 Å². The van der Waals surface area contributed by atoms with Crippen LogP contribution in [0.3, 0.4) is 0 Å². The van der Waals surface area contributed by atoms with E-state index in [1.54, 1.807) is 23.0 Å². The molecule has 2 N–H and O–H groups in total. The molecular weight excluding hydrogens is 272 g/mol. The Morgan fingerprint density at radius 2 is 2.00 bits per heavy atom. The van der Waals surface area contributed by atoms with Gasteiger partial charge in [-0.25, -0.2) is 4.68 Å². The van der Waals surface area contributed by atoms with Gasteiger partial charge in [-0.2, -0.15) is 0 Å². The highest BCUT2D eigenvalue weighted by Gasteiger charge is 2.07. The van der Waals surface area contributed by atoms with E-state index in [4.69, 9.17) is 5.11 Å². The molecule has 1 aromatic heterocycles. The van der Waals surface area contributed by atoms with Crippen molar-refractivity contribution in [1.29, 1.82) is 0 Å². The summed E-state index contributed by atoms with van der Waals surface area (Å²) in [6.45, 7) is 1.95. The minimum absolute atomic E-state index is 0.0980. The van der Waals surface area contributed by atoms with Gasteiger partial charge in [0.2, 0.25) is 5.91 Å². The number of aryl methyl sites for hydroxylation is 1. The first-order valence-electron chi connectivity index (χ1n) is 6.54. The average Bonchev–Trinajstić information content (AvgIpc) is 2.87. The lowest BCUT2D eigenvalue weighted by molar-refractivity contribution is -0.137. The maximum absolute atomic E-state index is 11.0. The zero-order valence-corrected chi connectivity index (χ0v) is 11.6. The average molecular weight is 288 g/mol. The van der Waals surface area contributed by atoms with E-state index in [1.165, 1.54) is 6.92 Å². The number of carbonyl (C=O) groups excluding carboxylic acids is 1. The molecule has 2 rings (SSSR count). The SMILES string of the molecule is CC(=O)Nc1ccc(-c2cnnn2CCCC(=O)O)cc1. The molecule has 1 aromatic carbocycles. The van der Waals surface area contributed by atoms with Crippen LogP contribution >= 0.6 is 0 Å². The summed E-state index contributed by atoms with van der Waals surface area (Å²) >= 11 is 0. The molecule has 21 heavy (non-hydrogen) atoms. The van der Waals surface area contributed by atoms with Crippen LogP contribution in [0.2, 0.25) is 0 Å². The van der Waals surface area contributed by atoms with Gasteiger partial charge in [0, 0.05) is 31.1 Å². The Morgan fingerprint density at radius 3 is 2.62 bits per heavy atom. The highest BCUT2D eigenvalue weighted by Crippen LogP contribution is 2.20. The van der Waals surface area contributed by atoms with Crippen molar-refractivity contribution in [3.63, 3.8) is 0 Å². The number of nitrogens with one attached hydrogen (secondary N) is 1. The molecule has 1 amide bonds. The molecule has 7 heteroatoms. The lowest BCUT2D eigenvalue weighted by Crippen LogP contribution is -2.06. The van der Waals surface area contributed by atoms with E-state index in [0.717, 1.165) is 16.9 Å². The van der Waals surface area contributed by atoms with Crippen LogP contribution in [0.15, 0.2) is 30.5 Å². The Labute approximate surface area is 121 Å². The van der Waals surface area contributed by atoms with Crippen molar-refractivity contribution >= 4 is 17.6 Å². The zero-order valence-electron chi connectivity index (χ0n) is 11.6. The number of carboxylic acids is 1. The van der Waals surface area contributed by atoms with Gasteiger partial charge in [0.25, 0.3) is 0 Å². The number of hydrogen-bond donors (Lipinski definition) is 2. The maximum atomic E-state index is 11.0. The van der Waals surface area contributed by atoms with E-state index >= 15 is 0 Å². The van der Waals surface area contributed by atoms with Gasteiger partial charge in [-0.05, 0) is 18.6 Å². The Kier molecular flexibility index (Phi) is 4.65. The third kappa shape index (κ3) is 4.13. The van der Waals surface area contributed by atoms with Crippen LogP contribution in [0.1, 0.15) is 19.8 Å². The number of anilines is 1. The Morgan fingerprint density at radius 1 is 1.29 bits per heavy atom. The molecule has 2 aromatic rings. The predicted molar refractivity (Wildman–Crippen MR) is 76.6 cm³/mol. The van der Waals surface area contributed by atoms with Gasteiger partial charge in [0.05, 0.1) is 11.9 Å². The second kappa shape index (κ2) is 6.65. The normalized spacial score (nSPS) is 10.3. The van der Waals surface area contributed by atoms with Gasteiger partial charge >= 0.3 is 5.97 Å². The molecule has 0 unspecified atom stereocenters. The highest BCUT2D eigenvalue weighted by molar-refractivity contribution is 5.88. The number of hydrogen-bond acceptors (Lipinski definition) is 4. The Hall–Kier alpha value is -2.70. The number of aromatic nitrogens is 3. The van der Waals surface area contributed by atoms with Gasteiger partial charge < -0.3 is 10.4 Å². The zero-order chi connectivity index (χ0) is 15.2. The number of carboxylic acid groups (broad SMARTS) is 1. The van der Waals surface area contributed by atoms with Gasteiger partial charge in [-0.1, -0.05) is 17.3 Å². The summed E-state index contributed by atoms with van der Waals surface area (Å²) in [6, 6.07) is 7.31. The van der Waals surface area contributed by atoms with Crippen molar-refractivity contribution in [2.45, 2.75) is 26.3 Å². The first-order valence-corrected chi connectivity index (χ1v) is 6.54. The molecule has 0 radical (unpaired) electrons. The molecule has 0 aliphatic heterocycles. The van der Waals surface area contributed by atoms with Crippen molar-refractivity contribution in [2.24, 2.45) is 0 Å². The molecule has 0 saturated carbocycles. The second-order valence-corrected chi connectivity index (χ2v) is 4.60. The highest BCUT2D eigenvalue weighted by atomic mass is 16.4. The van der Waals surface area contributed by atoms with Crippen molar-refractivity contribution in [2.75, 3.05) is 5.32 Å². The monoisotopic (exact) mass is 288 g/mol. The minimum Gasteiger partial charge on any atom is -0.481 e. The summed E-state index contributed by atoms with van der Waals surface area (Å²) < 4.78 is 1.68. The molecule has 0 fully saturated rings. The smallest absolute Gasteiger partial charge is 0.303 e. The number of carbonyl (C=O) groups is 2. The summed E-state index contributed by atoms with van der Waals surface area (Å²) in [4.78, 5) is 21.5. The number of rotatable bonds is 6. The molecule has 0 bridgehead atoms. The maximum Gasteiger partial charge on any atom is 0.303 e. The molecule has 0 atom stereocenters. The number of amides is 1. The van der Waals surface area contributed by atoms with Crippen LogP contribution in [-0.2, 0) is 16.1 Å². The third-order valence-corrected chi connectivity index (χ3v) is 2.88. The fraction of sp³-hybridized carbons (Fsp3) is 0.286. The van der Waals surface area contributed by atoms with Gasteiger partial charge in [-0.15, -0.1) is 5.10 Å². The van der Waals surface area contributed by atoms with Gasteiger partial charge in [0.15, 0.2) is 0 Å². The Balaban J connectivity index is 2.09. The van der Waals surface area contributed by atoms with Crippen LogP contribution < -0.4 is 5.32 Å². The summed E-state index contributed by atoms with van der Waals surface area (Å²) in [6.07, 6.45) is 2.23. The van der Waals surface area contributed by atoms with Crippen molar-refractivity contribution in [1.82, 2.24) is 15.0 Å². The molecule has 0 saturated heterocycles. The van der Waals surface area contributed by atoms with Crippen molar-refractivity contribution in [3.8, 4) is 11.3 Å². The lowest BCUT2D eigenvalue weighted by Gasteiger charge is -2.07. The van der Waals surface area contributed by atoms with E-state index in [1.807, 2.05) is 12.1 Å². The number of benzene rings is 1. The predicted octanol–water partition coefficient (Wildman–Crippen LogP) is 1.77. The lowest BCUT2D eigenvalue weighted by atomic mass is 10.1. The quantitative estimate of drug-likeness (QED) is 0.844. The fourth-order valence-electron chi connectivity index (χ4n) is 1.95. The van der Waals surface area contributed by atoms with E-state index in [0.29, 0.717) is 13.0 Å². The van der Waals surface area contributed by atoms with Gasteiger partial charge in [-0.3, -0.25) is 9.59 Å². The van der Waals surface area contributed by atoms with Gasteiger partial charge in [0.1, 0.15) is 0 Å². The number of aliphatic carboxylic acids is 1. The van der Waals surface area contributed by atoms with E-state index in [-0.39, 0.29) is 12.3 Å². The standard InChI is InChI=1S/C14H16N4O3/c1-10(19)16-12-6-4-11(5-7-12)13-9-15-17-18(13)8-2-3-14(20)21/h4-7,9H,2-3,8H2,1H3,(H,16,19)(H,20,21).